The van der Waals surface area contributed by atoms with Gasteiger partial charge in [0.2, 0.25) is 0 Å². The van der Waals surface area contributed by atoms with E-state index in [1.807, 2.05) is 13.0 Å². The number of aryl methyl sites for hydroxylation is 1. The standard InChI is InChI=1S/C22H27F3N6O/c1-16-26-19(29-9-7-28(2)8-10-29)15-20(27-16)30-11-13-31(14-12-30)21(32)17-5-3-4-6-18(17)22(23,24)25/h3-6,15H,7-14H2,1-2H3. The van der Waals surface area contributed by atoms with Crippen molar-refractivity contribution in [1.82, 2.24) is 19.8 Å². The molecule has 10 heteroatoms. The highest BCUT2D eigenvalue weighted by Crippen LogP contribution is 2.32. The van der Waals surface area contributed by atoms with E-state index in [-0.39, 0.29) is 5.56 Å². The van der Waals surface area contributed by atoms with Crippen LogP contribution in [0, 0.1) is 6.92 Å². The number of nitrogens with zero attached hydrogens (tertiary/aromatic N) is 6. The van der Waals surface area contributed by atoms with Crippen molar-refractivity contribution in [2.24, 2.45) is 0 Å². The molecule has 2 aliphatic rings. The number of rotatable bonds is 3. The minimum atomic E-state index is -4.56. The first kappa shape index (κ1) is 22.3. The summed E-state index contributed by atoms with van der Waals surface area (Å²) in [7, 11) is 2.10. The van der Waals surface area contributed by atoms with Crippen LogP contribution in [0.2, 0.25) is 0 Å². The van der Waals surface area contributed by atoms with Crippen molar-refractivity contribution in [3.8, 4) is 0 Å². The van der Waals surface area contributed by atoms with Gasteiger partial charge in [0, 0.05) is 58.4 Å². The zero-order valence-corrected chi connectivity index (χ0v) is 18.3. The molecule has 2 saturated heterocycles. The lowest BCUT2D eigenvalue weighted by Gasteiger charge is -2.37. The minimum absolute atomic E-state index is 0.302. The molecule has 0 unspecified atom stereocenters. The second kappa shape index (κ2) is 8.93. The van der Waals surface area contributed by atoms with Crippen LogP contribution in [0.5, 0.6) is 0 Å². The summed E-state index contributed by atoms with van der Waals surface area (Å²) in [5.74, 6) is 1.76. The zero-order chi connectivity index (χ0) is 22.9. The quantitative estimate of drug-likeness (QED) is 0.720. The summed E-state index contributed by atoms with van der Waals surface area (Å²) in [5, 5.41) is 0. The average Bonchev–Trinajstić information content (AvgIpc) is 2.78. The van der Waals surface area contributed by atoms with Crippen LogP contribution < -0.4 is 9.80 Å². The summed E-state index contributed by atoms with van der Waals surface area (Å²) in [6.45, 7) is 7.25. The lowest BCUT2D eigenvalue weighted by Crippen LogP contribution is -2.49. The van der Waals surface area contributed by atoms with Gasteiger partial charge >= 0.3 is 6.18 Å². The van der Waals surface area contributed by atoms with Gasteiger partial charge in [-0.2, -0.15) is 13.2 Å². The number of alkyl halides is 3. The number of carbonyl (C=O) groups excluding carboxylic acids is 1. The Hall–Kier alpha value is -2.88. The Kier molecular flexibility index (Phi) is 6.23. The molecule has 4 rings (SSSR count). The van der Waals surface area contributed by atoms with Crippen LogP contribution >= 0.6 is 0 Å². The topological polar surface area (TPSA) is 55.8 Å². The van der Waals surface area contributed by atoms with E-state index in [2.05, 4.69) is 31.7 Å². The van der Waals surface area contributed by atoms with Crippen LogP contribution in [-0.4, -0.2) is 85.1 Å². The van der Waals surface area contributed by atoms with Gasteiger partial charge in [0.25, 0.3) is 5.91 Å². The zero-order valence-electron chi connectivity index (χ0n) is 18.3. The number of halogens is 3. The molecule has 0 radical (unpaired) electrons. The second-order valence-electron chi connectivity index (χ2n) is 8.24. The maximum atomic E-state index is 13.3. The Morgan fingerprint density at radius 1 is 0.875 bits per heavy atom. The van der Waals surface area contributed by atoms with Crippen LogP contribution in [0.4, 0.5) is 24.8 Å². The van der Waals surface area contributed by atoms with Crippen LogP contribution in [-0.2, 0) is 6.18 Å². The predicted molar refractivity (Wildman–Crippen MR) is 116 cm³/mol. The molecule has 1 aromatic carbocycles. The molecular weight excluding hydrogens is 421 g/mol. The monoisotopic (exact) mass is 448 g/mol. The molecule has 0 spiro atoms. The number of anilines is 2. The van der Waals surface area contributed by atoms with Crippen LogP contribution in [0.15, 0.2) is 30.3 Å². The number of benzene rings is 1. The van der Waals surface area contributed by atoms with Crippen LogP contribution in [0.3, 0.4) is 0 Å². The third-order valence-electron chi connectivity index (χ3n) is 5.99. The third kappa shape index (κ3) is 4.79. The first-order valence-corrected chi connectivity index (χ1v) is 10.7. The Morgan fingerprint density at radius 3 is 1.97 bits per heavy atom. The fourth-order valence-electron chi connectivity index (χ4n) is 4.12. The van der Waals surface area contributed by atoms with Gasteiger partial charge in [0.15, 0.2) is 0 Å². The predicted octanol–water partition coefficient (Wildman–Crippen LogP) is 2.52. The molecule has 2 aromatic rings. The first-order chi connectivity index (χ1) is 15.2. The van der Waals surface area contributed by atoms with Gasteiger partial charge in [-0.05, 0) is 26.1 Å². The largest absolute Gasteiger partial charge is 0.417 e. The Morgan fingerprint density at radius 2 is 1.41 bits per heavy atom. The molecule has 0 atom stereocenters. The van der Waals surface area contributed by atoms with Gasteiger partial charge < -0.3 is 19.6 Å². The maximum absolute atomic E-state index is 13.3. The number of hydrogen-bond acceptors (Lipinski definition) is 6. The van der Waals surface area contributed by atoms with Crippen molar-refractivity contribution >= 4 is 17.5 Å². The Labute approximate surface area is 185 Å². The Bertz CT molecular complexity index is 966. The first-order valence-electron chi connectivity index (χ1n) is 10.7. The molecule has 2 aliphatic heterocycles. The minimum Gasteiger partial charge on any atom is -0.354 e. The highest BCUT2D eigenvalue weighted by atomic mass is 19.4. The normalized spacial score (nSPS) is 18.2. The highest BCUT2D eigenvalue weighted by Gasteiger charge is 2.36. The smallest absolute Gasteiger partial charge is 0.354 e. The van der Waals surface area contributed by atoms with E-state index < -0.39 is 17.6 Å². The number of carbonyl (C=O) groups is 1. The SMILES string of the molecule is Cc1nc(N2CCN(C)CC2)cc(N2CCN(C(=O)c3ccccc3C(F)(F)F)CC2)n1. The molecule has 3 heterocycles. The van der Waals surface area contributed by atoms with Gasteiger partial charge in [-0.1, -0.05) is 12.1 Å². The van der Waals surface area contributed by atoms with E-state index in [0.29, 0.717) is 32.0 Å². The van der Waals surface area contributed by atoms with E-state index >= 15 is 0 Å². The van der Waals surface area contributed by atoms with Crippen molar-refractivity contribution in [2.45, 2.75) is 13.1 Å². The number of piperazine rings is 2. The van der Waals surface area contributed by atoms with E-state index in [4.69, 9.17) is 0 Å². The summed E-state index contributed by atoms with van der Waals surface area (Å²) >= 11 is 0. The molecule has 0 aliphatic carbocycles. The molecule has 1 aromatic heterocycles. The fraction of sp³-hybridized carbons (Fsp3) is 0.500. The van der Waals surface area contributed by atoms with Crippen LogP contribution in [0.1, 0.15) is 21.7 Å². The van der Waals surface area contributed by atoms with E-state index in [1.165, 1.54) is 23.1 Å². The molecule has 1 amide bonds. The molecule has 0 saturated carbocycles. The third-order valence-corrected chi connectivity index (χ3v) is 5.99. The Balaban J connectivity index is 1.45. The summed E-state index contributed by atoms with van der Waals surface area (Å²) in [4.78, 5) is 30.0. The number of amides is 1. The highest BCUT2D eigenvalue weighted by molar-refractivity contribution is 5.96. The van der Waals surface area contributed by atoms with Crippen molar-refractivity contribution in [3.63, 3.8) is 0 Å². The molecule has 0 N–H and O–H groups in total. The average molecular weight is 448 g/mol. The van der Waals surface area contributed by atoms with E-state index in [1.54, 1.807) is 0 Å². The van der Waals surface area contributed by atoms with E-state index in [9.17, 15) is 18.0 Å². The van der Waals surface area contributed by atoms with Gasteiger partial charge in [-0.15, -0.1) is 0 Å². The van der Waals surface area contributed by atoms with E-state index in [0.717, 1.165) is 43.9 Å². The molecular formula is C22H27F3N6O. The molecule has 32 heavy (non-hydrogen) atoms. The van der Waals surface area contributed by atoms with Gasteiger partial charge in [-0.3, -0.25) is 4.79 Å². The maximum Gasteiger partial charge on any atom is 0.417 e. The molecule has 172 valence electrons. The summed E-state index contributed by atoms with van der Waals surface area (Å²) in [5.41, 5.74) is -1.20. The van der Waals surface area contributed by atoms with Crippen LogP contribution in [0.25, 0.3) is 0 Å². The summed E-state index contributed by atoms with van der Waals surface area (Å²) < 4.78 is 39.9. The molecule has 2 fully saturated rings. The van der Waals surface area contributed by atoms with Gasteiger partial charge in [-0.25, -0.2) is 9.97 Å². The van der Waals surface area contributed by atoms with Gasteiger partial charge in [0.05, 0.1) is 11.1 Å². The van der Waals surface area contributed by atoms with Crippen molar-refractivity contribution in [2.75, 3.05) is 69.2 Å². The van der Waals surface area contributed by atoms with Crippen molar-refractivity contribution < 1.29 is 18.0 Å². The number of hydrogen-bond donors (Lipinski definition) is 0. The fourth-order valence-corrected chi connectivity index (χ4v) is 4.12. The lowest BCUT2D eigenvalue weighted by molar-refractivity contribution is -0.138. The van der Waals surface area contributed by atoms with Gasteiger partial charge in [0.1, 0.15) is 17.5 Å². The number of aromatic nitrogens is 2. The molecule has 7 nitrogen and oxygen atoms in total. The van der Waals surface area contributed by atoms with Crippen molar-refractivity contribution in [3.05, 3.63) is 47.3 Å². The summed E-state index contributed by atoms with van der Waals surface area (Å²) in [6.07, 6.45) is -4.56. The number of likely N-dealkylation sites (N-methyl/N-ethyl adjacent to an activating group) is 1. The summed E-state index contributed by atoms with van der Waals surface area (Å²) in [6, 6.07) is 6.92. The lowest BCUT2D eigenvalue weighted by atomic mass is 10.1. The second-order valence-corrected chi connectivity index (χ2v) is 8.24. The van der Waals surface area contributed by atoms with Crippen molar-refractivity contribution in [1.29, 1.82) is 0 Å². The molecule has 0 bridgehead atoms.